The zero-order valence-electron chi connectivity index (χ0n) is 20.2. The molecule has 2 aromatic rings. The maximum Gasteiger partial charge on any atom is 0.318 e. The first-order valence-electron chi connectivity index (χ1n) is 10.9. The average molecular weight is 428 g/mol. The largest absolute Gasteiger partial charge is 0.333 e. The molecule has 0 spiro atoms. The number of amides is 3. The van der Waals surface area contributed by atoms with Crippen molar-refractivity contribution in [2.45, 2.75) is 72.8 Å². The first kappa shape index (κ1) is 24.4. The molecule has 1 aromatic heterocycles. The average Bonchev–Trinajstić information content (AvgIpc) is 3.04. The molecular weight excluding hydrogens is 390 g/mol. The normalized spacial score (nSPS) is 11.9. The van der Waals surface area contributed by atoms with Crippen LogP contribution in [-0.4, -0.2) is 45.2 Å². The first-order chi connectivity index (χ1) is 14.3. The zero-order valence-corrected chi connectivity index (χ0v) is 20.2. The number of benzene rings is 1. The highest BCUT2D eigenvalue weighted by molar-refractivity contribution is 5.94. The molecule has 1 aromatic carbocycles. The smallest absolute Gasteiger partial charge is 0.318 e. The Bertz CT molecular complexity index is 919. The summed E-state index contributed by atoms with van der Waals surface area (Å²) in [4.78, 5) is 27.1. The van der Waals surface area contributed by atoms with Gasteiger partial charge in [-0.25, -0.2) is 9.48 Å². The summed E-state index contributed by atoms with van der Waals surface area (Å²) < 4.78 is 1.77. The van der Waals surface area contributed by atoms with Crippen LogP contribution in [0.2, 0.25) is 0 Å². The Morgan fingerprint density at radius 2 is 1.74 bits per heavy atom. The molecule has 170 valence electrons. The van der Waals surface area contributed by atoms with E-state index in [-0.39, 0.29) is 29.4 Å². The van der Waals surface area contributed by atoms with Crippen molar-refractivity contribution in [3.05, 3.63) is 41.6 Å². The van der Waals surface area contributed by atoms with Gasteiger partial charge in [0.05, 0.1) is 11.4 Å². The van der Waals surface area contributed by atoms with E-state index in [9.17, 15) is 9.59 Å². The molecule has 0 atom stereocenters. The lowest BCUT2D eigenvalue weighted by molar-refractivity contribution is -0.116. The Morgan fingerprint density at radius 1 is 1.10 bits per heavy atom. The van der Waals surface area contributed by atoms with Crippen LogP contribution in [-0.2, 0) is 10.2 Å². The van der Waals surface area contributed by atoms with Gasteiger partial charge in [0, 0.05) is 23.6 Å². The van der Waals surface area contributed by atoms with Gasteiger partial charge in [-0.1, -0.05) is 45.9 Å². The second kappa shape index (κ2) is 9.54. The highest BCUT2D eigenvalue weighted by Crippen LogP contribution is 2.27. The van der Waals surface area contributed by atoms with E-state index in [4.69, 9.17) is 5.10 Å². The lowest BCUT2D eigenvalue weighted by atomic mass is 9.92. The Kier molecular flexibility index (Phi) is 7.52. The molecule has 7 nitrogen and oxygen atoms in total. The van der Waals surface area contributed by atoms with Gasteiger partial charge >= 0.3 is 6.03 Å². The molecule has 7 heteroatoms. The fraction of sp³-hybridized carbons (Fsp3) is 0.542. The number of carbonyl (C=O) groups is 2. The van der Waals surface area contributed by atoms with Crippen molar-refractivity contribution in [2.75, 3.05) is 18.4 Å². The summed E-state index contributed by atoms with van der Waals surface area (Å²) in [5.74, 6) is 0.338. The molecule has 2 N–H and O–H groups in total. The standard InChI is InChI=1S/C24H37N5O2/c1-9-14-28(22(31)26-24(6,7)8)16-21(30)25-20-15-19(23(3,4)5)27-29(20)18-13-11-10-12-17(18)2/h10-13,15H,9,14,16H2,1-8H3,(H,25,30)(H,26,31). The fourth-order valence-electron chi connectivity index (χ4n) is 3.10. The fourth-order valence-corrected chi connectivity index (χ4v) is 3.10. The minimum atomic E-state index is -0.370. The number of nitrogens with one attached hydrogen (secondary N) is 2. The maximum atomic E-state index is 12.9. The second-order valence-electron chi connectivity index (χ2n) is 10.0. The van der Waals surface area contributed by atoms with Crippen molar-refractivity contribution in [3.8, 4) is 5.69 Å². The highest BCUT2D eigenvalue weighted by Gasteiger charge is 2.24. The van der Waals surface area contributed by atoms with Crippen molar-refractivity contribution in [3.63, 3.8) is 0 Å². The van der Waals surface area contributed by atoms with Gasteiger partial charge in [0.1, 0.15) is 12.4 Å². The second-order valence-corrected chi connectivity index (χ2v) is 10.0. The molecule has 0 fully saturated rings. The van der Waals surface area contributed by atoms with Gasteiger partial charge in [0.2, 0.25) is 5.91 Å². The number of aromatic nitrogens is 2. The number of rotatable bonds is 6. The third-order valence-corrected chi connectivity index (χ3v) is 4.69. The predicted molar refractivity (Wildman–Crippen MR) is 126 cm³/mol. The highest BCUT2D eigenvalue weighted by atomic mass is 16.2. The van der Waals surface area contributed by atoms with Crippen molar-refractivity contribution >= 4 is 17.8 Å². The van der Waals surface area contributed by atoms with Crippen molar-refractivity contribution < 1.29 is 9.59 Å². The molecular formula is C24H37N5O2. The van der Waals surface area contributed by atoms with E-state index in [0.29, 0.717) is 12.4 Å². The quantitative estimate of drug-likeness (QED) is 0.705. The van der Waals surface area contributed by atoms with E-state index in [1.807, 2.05) is 65.0 Å². The van der Waals surface area contributed by atoms with Gasteiger partial charge in [0.25, 0.3) is 0 Å². The van der Waals surface area contributed by atoms with Crippen LogP contribution in [0.5, 0.6) is 0 Å². The van der Waals surface area contributed by atoms with Gasteiger partial charge in [-0.3, -0.25) is 4.79 Å². The van der Waals surface area contributed by atoms with E-state index in [1.54, 1.807) is 9.58 Å². The number of hydrogen-bond donors (Lipinski definition) is 2. The molecule has 3 amide bonds. The monoisotopic (exact) mass is 427 g/mol. The molecule has 1 heterocycles. The lowest BCUT2D eigenvalue weighted by Crippen LogP contribution is -2.50. The number of urea groups is 1. The van der Waals surface area contributed by atoms with Crippen LogP contribution in [0.1, 0.15) is 66.1 Å². The third-order valence-electron chi connectivity index (χ3n) is 4.69. The molecule has 0 aliphatic carbocycles. The molecule has 0 aliphatic rings. The van der Waals surface area contributed by atoms with Gasteiger partial charge in [-0.2, -0.15) is 5.10 Å². The molecule has 0 aliphatic heterocycles. The molecule has 0 saturated carbocycles. The molecule has 0 radical (unpaired) electrons. The van der Waals surface area contributed by atoms with Crippen molar-refractivity contribution in [1.82, 2.24) is 20.0 Å². The first-order valence-corrected chi connectivity index (χ1v) is 10.9. The van der Waals surface area contributed by atoms with Gasteiger partial charge < -0.3 is 15.5 Å². The number of nitrogens with zero attached hydrogens (tertiary/aromatic N) is 3. The third kappa shape index (κ3) is 6.84. The van der Waals surface area contributed by atoms with Crippen molar-refractivity contribution in [1.29, 1.82) is 0 Å². The predicted octanol–water partition coefficient (Wildman–Crippen LogP) is 4.64. The minimum Gasteiger partial charge on any atom is -0.333 e. The minimum absolute atomic E-state index is 0.0282. The van der Waals surface area contributed by atoms with Crippen LogP contribution in [0.25, 0.3) is 5.69 Å². The Labute approximate surface area is 186 Å². The molecule has 0 bridgehead atoms. The summed E-state index contributed by atoms with van der Waals surface area (Å²) in [6.07, 6.45) is 0.764. The Balaban J connectivity index is 2.29. The SMILES string of the molecule is CCCN(CC(=O)Nc1cc(C(C)(C)C)nn1-c1ccccc1C)C(=O)NC(C)(C)C. The number of anilines is 1. The summed E-state index contributed by atoms with van der Waals surface area (Å²) in [6, 6.07) is 9.58. The van der Waals surface area contributed by atoms with Crippen LogP contribution in [0.3, 0.4) is 0 Å². The zero-order chi connectivity index (χ0) is 23.4. The van der Waals surface area contributed by atoms with E-state index >= 15 is 0 Å². The molecule has 0 unspecified atom stereocenters. The lowest BCUT2D eigenvalue weighted by Gasteiger charge is -2.28. The summed E-state index contributed by atoms with van der Waals surface area (Å²) in [5, 5.41) is 10.7. The van der Waals surface area contributed by atoms with Crippen molar-refractivity contribution in [2.24, 2.45) is 0 Å². The number of hydrogen-bond acceptors (Lipinski definition) is 3. The summed E-state index contributed by atoms with van der Waals surface area (Å²) in [6.45, 7) is 16.5. The van der Waals surface area contributed by atoms with Crippen LogP contribution >= 0.6 is 0 Å². The Hall–Kier alpha value is -2.83. The van der Waals surface area contributed by atoms with Gasteiger partial charge in [0.15, 0.2) is 0 Å². The van der Waals surface area contributed by atoms with Crippen LogP contribution in [0.4, 0.5) is 10.6 Å². The van der Waals surface area contributed by atoms with Crippen LogP contribution in [0.15, 0.2) is 30.3 Å². The van der Waals surface area contributed by atoms with Crippen LogP contribution in [0, 0.1) is 6.92 Å². The van der Waals surface area contributed by atoms with E-state index < -0.39 is 0 Å². The van der Waals surface area contributed by atoms with E-state index in [1.165, 1.54) is 0 Å². The maximum absolute atomic E-state index is 12.9. The van der Waals surface area contributed by atoms with E-state index in [0.717, 1.165) is 23.4 Å². The van der Waals surface area contributed by atoms with Gasteiger partial charge in [-0.05, 0) is 45.7 Å². The summed E-state index contributed by atoms with van der Waals surface area (Å²) >= 11 is 0. The van der Waals surface area contributed by atoms with Gasteiger partial charge in [-0.15, -0.1) is 0 Å². The number of carbonyl (C=O) groups excluding carboxylic acids is 2. The molecule has 31 heavy (non-hydrogen) atoms. The van der Waals surface area contributed by atoms with Crippen LogP contribution < -0.4 is 10.6 Å². The summed E-state index contributed by atoms with van der Waals surface area (Å²) in [7, 11) is 0. The molecule has 0 saturated heterocycles. The number of para-hydroxylation sites is 1. The number of aryl methyl sites for hydroxylation is 1. The molecule has 2 rings (SSSR count). The Morgan fingerprint density at radius 3 is 2.29 bits per heavy atom. The topological polar surface area (TPSA) is 79.3 Å². The van der Waals surface area contributed by atoms with E-state index in [2.05, 4.69) is 31.4 Å². The summed E-state index contributed by atoms with van der Waals surface area (Å²) in [5.41, 5.74) is 2.30.